The van der Waals surface area contributed by atoms with Crippen LogP contribution in [0.4, 0.5) is 0 Å². The fraction of sp³-hybridized carbons (Fsp3) is 0.333. The Balaban J connectivity index is 2.36. The third kappa shape index (κ3) is 5.11. The average Bonchev–Trinajstić information content (AvgIpc) is 2.55. The topological polar surface area (TPSA) is 50.5 Å². The maximum atomic E-state index is 4.51. The van der Waals surface area contributed by atoms with E-state index in [1.165, 1.54) is 17.5 Å². The number of rotatable bonds is 5. The average molecular weight is 367 g/mol. The van der Waals surface area contributed by atoms with Crippen molar-refractivity contribution in [1.82, 2.24) is 9.97 Å². The third-order valence-electron chi connectivity index (χ3n) is 4.07. The Bertz CT molecular complexity index is 820. The van der Waals surface area contributed by atoms with Crippen LogP contribution in [0.25, 0.3) is 5.70 Å². The smallest absolute Gasteiger partial charge is 0.126 e. The second kappa shape index (κ2) is 8.41. The van der Waals surface area contributed by atoms with E-state index in [0.29, 0.717) is 10.9 Å². The third-order valence-corrected chi connectivity index (χ3v) is 4.39. The number of aromatic nitrogens is 2. The molecule has 0 atom stereocenters. The summed E-state index contributed by atoms with van der Waals surface area (Å²) in [7, 11) is 0. The summed E-state index contributed by atoms with van der Waals surface area (Å²) in [4.78, 5) is 16.9. The highest BCUT2D eigenvalue weighted by atomic mass is 32.1. The van der Waals surface area contributed by atoms with Crippen molar-refractivity contribution in [3.8, 4) is 0 Å². The summed E-state index contributed by atoms with van der Waals surface area (Å²) < 4.78 is 0. The Labute approximate surface area is 161 Å². The highest BCUT2D eigenvalue weighted by molar-refractivity contribution is 7.80. The number of nitrogens with zero attached hydrogens (tertiary/aromatic N) is 4. The van der Waals surface area contributed by atoms with Crippen LogP contribution in [0.2, 0.25) is 0 Å². The molecule has 26 heavy (non-hydrogen) atoms. The van der Waals surface area contributed by atoms with E-state index in [1.54, 1.807) is 0 Å². The summed E-state index contributed by atoms with van der Waals surface area (Å²) in [5.74, 6) is 0.694. The lowest BCUT2D eigenvalue weighted by molar-refractivity contribution is 0.590. The maximum Gasteiger partial charge on any atom is 0.126 e. The minimum Gasteiger partial charge on any atom is -0.253 e. The lowest BCUT2D eigenvalue weighted by atomic mass is 9.86. The lowest BCUT2D eigenvalue weighted by Crippen LogP contribution is -2.10. The van der Waals surface area contributed by atoms with Gasteiger partial charge in [0.1, 0.15) is 17.2 Å². The first kappa shape index (κ1) is 20.0. The second-order valence-electron chi connectivity index (χ2n) is 7.22. The van der Waals surface area contributed by atoms with E-state index in [2.05, 4.69) is 90.4 Å². The van der Waals surface area contributed by atoms with Crippen LogP contribution in [0.15, 0.2) is 45.4 Å². The fourth-order valence-electron chi connectivity index (χ4n) is 2.67. The Morgan fingerprint density at radius 3 is 2.35 bits per heavy atom. The molecule has 1 aromatic heterocycles. The van der Waals surface area contributed by atoms with E-state index < -0.39 is 0 Å². The van der Waals surface area contributed by atoms with Crippen LogP contribution in [0.1, 0.15) is 49.0 Å². The van der Waals surface area contributed by atoms with E-state index >= 15 is 0 Å². The predicted molar refractivity (Wildman–Crippen MR) is 114 cm³/mol. The van der Waals surface area contributed by atoms with Gasteiger partial charge in [-0.1, -0.05) is 51.1 Å². The summed E-state index contributed by atoms with van der Waals surface area (Å²) in [5, 5.41) is 0.616. The molecule has 1 heterocycles. The molecule has 5 heteroatoms. The lowest BCUT2D eigenvalue weighted by Gasteiger charge is -2.19. The number of allylic oxidation sites excluding steroid dienone is 1. The molecule has 0 aliphatic carbocycles. The molecule has 0 radical (unpaired) electrons. The monoisotopic (exact) mass is 366 g/mol. The standard InChI is InChI=1S/C21H26N4S/c1-14-19(20(26)25-15(2)24-14)18(23-13-22-6)12-9-16-7-10-17(11-8-16)21(3,4)5/h7-8,10-13H,6,9H2,1-5H3,(H,24,25,26)/b18-12-,23-13-. The normalized spacial score (nSPS) is 12.6. The van der Waals surface area contributed by atoms with Gasteiger partial charge in [-0.15, -0.1) is 12.6 Å². The molecule has 0 saturated carbocycles. The molecular formula is C21H26N4S. The van der Waals surface area contributed by atoms with Gasteiger partial charge in [0.2, 0.25) is 0 Å². The first-order valence-corrected chi connectivity index (χ1v) is 8.99. The van der Waals surface area contributed by atoms with Crippen LogP contribution in [0.5, 0.6) is 0 Å². The number of benzene rings is 1. The summed E-state index contributed by atoms with van der Waals surface area (Å²) in [6.07, 6.45) is 4.23. The van der Waals surface area contributed by atoms with Gasteiger partial charge in [-0.25, -0.2) is 15.0 Å². The van der Waals surface area contributed by atoms with Crippen LogP contribution in [-0.4, -0.2) is 23.0 Å². The van der Waals surface area contributed by atoms with Gasteiger partial charge in [0.25, 0.3) is 0 Å². The van der Waals surface area contributed by atoms with Crippen LogP contribution in [0.3, 0.4) is 0 Å². The summed E-state index contributed by atoms with van der Waals surface area (Å²) >= 11 is 4.51. The highest BCUT2D eigenvalue weighted by Gasteiger charge is 2.14. The van der Waals surface area contributed by atoms with Gasteiger partial charge in [0.15, 0.2) is 0 Å². The predicted octanol–water partition coefficient (Wildman–Crippen LogP) is 4.99. The van der Waals surface area contributed by atoms with Crippen LogP contribution in [-0.2, 0) is 11.8 Å². The number of thiol groups is 1. The molecule has 0 N–H and O–H groups in total. The molecule has 2 aromatic rings. The molecule has 0 saturated heterocycles. The van der Waals surface area contributed by atoms with E-state index in [1.807, 2.05) is 13.8 Å². The highest BCUT2D eigenvalue weighted by Crippen LogP contribution is 2.26. The van der Waals surface area contributed by atoms with Crippen molar-refractivity contribution in [2.75, 3.05) is 0 Å². The zero-order chi connectivity index (χ0) is 19.3. The van der Waals surface area contributed by atoms with Crippen LogP contribution >= 0.6 is 12.6 Å². The molecule has 0 aliphatic heterocycles. The van der Waals surface area contributed by atoms with E-state index in [4.69, 9.17) is 0 Å². The van der Waals surface area contributed by atoms with Gasteiger partial charge in [-0.3, -0.25) is 4.99 Å². The van der Waals surface area contributed by atoms with Crippen molar-refractivity contribution in [1.29, 1.82) is 0 Å². The fourth-order valence-corrected chi connectivity index (χ4v) is 3.09. The summed E-state index contributed by atoms with van der Waals surface area (Å²) in [6, 6.07) is 8.68. The van der Waals surface area contributed by atoms with E-state index in [-0.39, 0.29) is 5.41 Å². The van der Waals surface area contributed by atoms with Crippen molar-refractivity contribution in [2.24, 2.45) is 9.98 Å². The van der Waals surface area contributed by atoms with Crippen molar-refractivity contribution >= 4 is 31.4 Å². The van der Waals surface area contributed by atoms with E-state index in [0.717, 1.165) is 23.4 Å². The van der Waals surface area contributed by atoms with Gasteiger partial charge in [-0.05, 0) is 43.5 Å². The van der Waals surface area contributed by atoms with Crippen molar-refractivity contribution in [3.63, 3.8) is 0 Å². The van der Waals surface area contributed by atoms with Gasteiger partial charge >= 0.3 is 0 Å². The first-order chi connectivity index (χ1) is 12.2. The largest absolute Gasteiger partial charge is 0.253 e. The molecule has 4 nitrogen and oxygen atoms in total. The minimum atomic E-state index is 0.150. The molecule has 2 rings (SSSR count). The quantitative estimate of drug-likeness (QED) is 0.351. The second-order valence-corrected chi connectivity index (χ2v) is 7.65. The van der Waals surface area contributed by atoms with Gasteiger partial charge in [-0.2, -0.15) is 0 Å². The first-order valence-electron chi connectivity index (χ1n) is 8.55. The van der Waals surface area contributed by atoms with Crippen LogP contribution in [0, 0.1) is 13.8 Å². The Kier molecular flexibility index (Phi) is 6.48. The zero-order valence-corrected chi connectivity index (χ0v) is 17.0. The zero-order valence-electron chi connectivity index (χ0n) is 16.1. The summed E-state index contributed by atoms with van der Waals surface area (Å²) in [5.41, 5.74) is 5.10. The van der Waals surface area contributed by atoms with Crippen molar-refractivity contribution in [3.05, 3.63) is 58.6 Å². The van der Waals surface area contributed by atoms with Crippen LogP contribution < -0.4 is 0 Å². The SMILES string of the molecule is C=N/C=N\C(=C/Cc1ccc(C(C)(C)C)cc1)c1c(C)nc(C)nc1S. The number of hydrogen-bond donors (Lipinski definition) is 1. The molecule has 0 spiro atoms. The number of aryl methyl sites for hydroxylation is 2. The van der Waals surface area contributed by atoms with Gasteiger partial charge in [0, 0.05) is 0 Å². The number of hydrogen-bond acceptors (Lipinski definition) is 4. The maximum absolute atomic E-state index is 4.51. The molecule has 0 bridgehead atoms. The van der Waals surface area contributed by atoms with Crippen molar-refractivity contribution < 1.29 is 0 Å². The minimum absolute atomic E-state index is 0.150. The molecule has 0 amide bonds. The van der Waals surface area contributed by atoms with Gasteiger partial charge in [0.05, 0.1) is 17.0 Å². The molecular weight excluding hydrogens is 340 g/mol. The molecule has 0 aliphatic rings. The van der Waals surface area contributed by atoms with E-state index in [9.17, 15) is 0 Å². The Morgan fingerprint density at radius 2 is 1.81 bits per heavy atom. The molecule has 0 unspecified atom stereocenters. The molecule has 1 aromatic carbocycles. The Morgan fingerprint density at radius 1 is 1.15 bits per heavy atom. The number of aliphatic imine (C=N–C) groups is 2. The Hall–Kier alpha value is -2.27. The molecule has 136 valence electrons. The molecule has 0 fully saturated rings. The summed E-state index contributed by atoms with van der Waals surface area (Å²) in [6.45, 7) is 13.9. The van der Waals surface area contributed by atoms with Crippen molar-refractivity contribution in [2.45, 2.75) is 51.5 Å². The van der Waals surface area contributed by atoms with Gasteiger partial charge < -0.3 is 0 Å².